The van der Waals surface area contributed by atoms with Crippen molar-refractivity contribution in [1.82, 2.24) is 4.90 Å². The van der Waals surface area contributed by atoms with Gasteiger partial charge in [-0.3, -0.25) is 14.5 Å². The Bertz CT molecular complexity index is 3300. The van der Waals surface area contributed by atoms with Crippen LogP contribution < -0.4 is 5.22 Å². The molecule has 300 valence electrons. The van der Waals surface area contributed by atoms with E-state index >= 15 is 0 Å². The molecule has 0 saturated heterocycles. The number of carbonyl (C=O) groups excluding carboxylic acids is 2. The smallest absolute Gasteiger partial charge is 0.261 e. The van der Waals surface area contributed by atoms with E-state index in [0.29, 0.717) is 17.0 Å². The average Bonchev–Trinajstić information content (AvgIpc) is 3.61. The number of fused-ring (bicyclic) bond motifs is 5. The lowest BCUT2D eigenvalue weighted by Crippen LogP contribution is -2.36. The minimum Gasteiger partial charge on any atom is -0.277 e. The highest BCUT2D eigenvalue weighted by Crippen LogP contribution is 2.44. The van der Waals surface area contributed by atoms with E-state index in [1.807, 2.05) is 24.3 Å². The lowest BCUT2D eigenvalue weighted by molar-refractivity contribution is 0.0650. The van der Waals surface area contributed by atoms with Crippen molar-refractivity contribution in [2.75, 3.05) is 7.05 Å². The molecule has 0 fully saturated rings. The summed E-state index contributed by atoms with van der Waals surface area (Å²) in [6.07, 6.45) is 2.41. The van der Waals surface area contributed by atoms with Crippen LogP contribution in [0.15, 0.2) is 182 Å². The molecule has 0 radical (unpaired) electrons. The van der Waals surface area contributed by atoms with Crippen molar-refractivity contribution >= 4 is 71.2 Å². The van der Waals surface area contributed by atoms with E-state index in [2.05, 4.69) is 166 Å². The third-order valence-corrected chi connectivity index (χ3v) is 13.3. The van der Waals surface area contributed by atoms with Gasteiger partial charge in [-0.15, -0.1) is 0 Å². The summed E-state index contributed by atoms with van der Waals surface area (Å²) >= 11 is 0. The quantitative estimate of drug-likeness (QED) is 0.113. The second-order valence-electron chi connectivity index (χ2n) is 16.8. The topological polar surface area (TPSA) is 37.4 Å². The van der Waals surface area contributed by atoms with Crippen molar-refractivity contribution in [3.8, 4) is 11.1 Å². The van der Waals surface area contributed by atoms with Crippen LogP contribution in [0.25, 0.3) is 70.6 Å². The first-order valence-corrected chi connectivity index (χ1v) is 21.6. The second-order valence-corrected chi connectivity index (χ2v) is 16.8. The van der Waals surface area contributed by atoms with Gasteiger partial charge in [0.25, 0.3) is 11.8 Å². The van der Waals surface area contributed by atoms with Crippen LogP contribution in [0, 0.1) is 6.92 Å². The molecule has 0 saturated carbocycles. The molecule has 3 aliphatic rings. The lowest BCUT2D eigenvalue weighted by atomic mass is 9.87. The molecule has 0 aromatic heterocycles. The molecule has 1 heterocycles. The zero-order valence-corrected chi connectivity index (χ0v) is 35.6. The first-order chi connectivity index (χ1) is 30.3. The first kappa shape index (κ1) is 38.8. The fourth-order valence-electron chi connectivity index (χ4n) is 9.97. The summed E-state index contributed by atoms with van der Waals surface area (Å²) in [5.41, 5.74) is 11.4. The SMILES string of the molecule is CC1=c2ccc3cccc4ccc(c2c43)CC1.CC1c2ccccc2-c2ccccc21.CN1C(=O)c2cccc3cccc(c23)C1=O.Cc1c2ccccc2cc2ccccc12. The summed E-state index contributed by atoms with van der Waals surface area (Å²) in [4.78, 5) is 25.0. The summed E-state index contributed by atoms with van der Waals surface area (Å²) in [7, 11) is 1.51. The maximum absolute atomic E-state index is 11.9. The van der Waals surface area contributed by atoms with Crippen LogP contribution in [0.4, 0.5) is 0 Å². The van der Waals surface area contributed by atoms with E-state index < -0.39 is 0 Å². The first-order valence-electron chi connectivity index (χ1n) is 21.6. The van der Waals surface area contributed by atoms with Gasteiger partial charge in [0.05, 0.1) is 0 Å². The van der Waals surface area contributed by atoms with Crippen LogP contribution in [-0.2, 0) is 6.42 Å². The fraction of sp³-hybridized carbons (Fsp3) is 0.119. The molecule has 10 aromatic rings. The molecular formula is C59H47NO2. The van der Waals surface area contributed by atoms with Gasteiger partial charge in [0, 0.05) is 29.5 Å². The summed E-state index contributed by atoms with van der Waals surface area (Å²) in [5, 5.41) is 14.3. The van der Waals surface area contributed by atoms with Crippen molar-refractivity contribution in [3.63, 3.8) is 0 Å². The van der Waals surface area contributed by atoms with E-state index in [1.165, 1.54) is 107 Å². The zero-order valence-electron chi connectivity index (χ0n) is 35.6. The number of nitrogens with zero attached hydrogens (tertiary/aromatic N) is 1. The third kappa shape index (κ3) is 6.62. The fourth-order valence-corrected chi connectivity index (χ4v) is 9.97. The van der Waals surface area contributed by atoms with Crippen LogP contribution in [0.5, 0.6) is 0 Å². The van der Waals surface area contributed by atoms with Gasteiger partial charge >= 0.3 is 0 Å². The summed E-state index contributed by atoms with van der Waals surface area (Å²) in [6.45, 7) is 6.75. The van der Waals surface area contributed by atoms with Crippen LogP contribution in [0.3, 0.4) is 0 Å². The van der Waals surface area contributed by atoms with E-state index in [1.54, 1.807) is 12.1 Å². The van der Waals surface area contributed by atoms with Crippen molar-refractivity contribution in [2.24, 2.45) is 0 Å². The normalized spacial score (nSPS) is 13.6. The molecule has 1 aliphatic heterocycles. The van der Waals surface area contributed by atoms with Gasteiger partial charge in [-0.2, -0.15) is 0 Å². The number of benzene rings is 10. The Labute approximate surface area is 362 Å². The van der Waals surface area contributed by atoms with Crippen molar-refractivity contribution in [3.05, 3.63) is 221 Å². The van der Waals surface area contributed by atoms with E-state index in [9.17, 15) is 9.59 Å². The molecule has 3 nitrogen and oxygen atoms in total. The van der Waals surface area contributed by atoms with Gasteiger partial charge in [0.15, 0.2) is 0 Å². The maximum atomic E-state index is 11.9. The molecule has 2 amide bonds. The highest BCUT2D eigenvalue weighted by molar-refractivity contribution is 6.25. The number of amides is 2. The van der Waals surface area contributed by atoms with E-state index in [0.717, 1.165) is 15.7 Å². The van der Waals surface area contributed by atoms with E-state index in [-0.39, 0.29) is 11.8 Å². The van der Waals surface area contributed by atoms with Gasteiger partial charge in [0.2, 0.25) is 0 Å². The summed E-state index contributed by atoms with van der Waals surface area (Å²) < 4.78 is 0. The van der Waals surface area contributed by atoms with Gasteiger partial charge in [-0.05, 0) is 132 Å². The molecule has 62 heavy (non-hydrogen) atoms. The van der Waals surface area contributed by atoms with Crippen molar-refractivity contribution in [1.29, 1.82) is 0 Å². The maximum Gasteiger partial charge on any atom is 0.261 e. The molecule has 0 bridgehead atoms. The van der Waals surface area contributed by atoms with E-state index in [4.69, 9.17) is 0 Å². The molecule has 10 aromatic carbocycles. The van der Waals surface area contributed by atoms with Gasteiger partial charge in [-0.1, -0.05) is 176 Å². The Kier molecular flexibility index (Phi) is 9.96. The predicted molar refractivity (Wildman–Crippen MR) is 260 cm³/mol. The van der Waals surface area contributed by atoms with Gasteiger partial charge in [-0.25, -0.2) is 0 Å². The Morgan fingerprint density at radius 1 is 0.435 bits per heavy atom. The zero-order chi connectivity index (χ0) is 42.5. The van der Waals surface area contributed by atoms with Crippen LogP contribution in [-0.4, -0.2) is 23.8 Å². The van der Waals surface area contributed by atoms with Gasteiger partial charge in [0.1, 0.15) is 0 Å². The van der Waals surface area contributed by atoms with Crippen LogP contribution >= 0.6 is 0 Å². The standard InChI is InChI=1S/C17H14.C15H12.C14H12.C13H9NO2/c1-11-5-6-14-8-7-12-3-2-4-13-9-10-15(11)17(14)16(12)13;1-11-14-8-4-2-6-12(14)10-13-7-3-5-9-15(11)13;1-10-11-6-2-4-8-13(11)14-9-5-3-7-12(10)14;1-14-12(15)9-6-2-4-8-5-3-7-10(11(8)9)13(14)16/h2-4,7-10H,5-6H2,1H3;2-10H,1H3;2-10H,1H3;2-7H,1H3. The third-order valence-electron chi connectivity index (χ3n) is 13.3. The average molecular weight is 802 g/mol. The number of aryl methyl sites for hydroxylation is 2. The second kappa shape index (κ2) is 15.9. The molecule has 3 heteroatoms. The molecule has 2 aliphatic carbocycles. The minimum atomic E-state index is -0.228. The Balaban J connectivity index is 0.0000000988. The molecular weight excluding hydrogens is 755 g/mol. The molecule has 0 N–H and O–H groups in total. The van der Waals surface area contributed by atoms with Crippen molar-refractivity contribution in [2.45, 2.75) is 39.5 Å². The number of imide groups is 1. The van der Waals surface area contributed by atoms with Crippen LogP contribution in [0.1, 0.15) is 69.2 Å². The largest absolute Gasteiger partial charge is 0.277 e. The lowest BCUT2D eigenvalue weighted by Gasteiger charge is -2.23. The number of hydrogen-bond donors (Lipinski definition) is 0. The highest BCUT2D eigenvalue weighted by Gasteiger charge is 2.29. The monoisotopic (exact) mass is 801 g/mol. The summed E-state index contributed by atoms with van der Waals surface area (Å²) in [6, 6.07) is 63.6. The Morgan fingerprint density at radius 3 is 1.47 bits per heavy atom. The van der Waals surface area contributed by atoms with Crippen LogP contribution in [0.2, 0.25) is 0 Å². The predicted octanol–water partition coefficient (Wildman–Crippen LogP) is 14.0. The highest BCUT2D eigenvalue weighted by atomic mass is 16.2. The molecule has 13 rings (SSSR count). The number of carbonyl (C=O) groups is 2. The number of hydrogen-bond acceptors (Lipinski definition) is 2. The number of rotatable bonds is 0. The van der Waals surface area contributed by atoms with Crippen molar-refractivity contribution < 1.29 is 9.59 Å². The Hall–Kier alpha value is -7.36. The molecule has 0 spiro atoms. The Morgan fingerprint density at radius 2 is 0.887 bits per heavy atom. The molecule has 0 unspecified atom stereocenters. The summed E-state index contributed by atoms with van der Waals surface area (Å²) in [5.74, 6) is 0.103. The molecule has 0 atom stereocenters. The minimum absolute atomic E-state index is 0.227. The van der Waals surface area contributed by atoms with Gasteiger partial charge < -0.3 is 0 Å².